The number of ether oxygens (including phenoxy) is 1. The average molecular weight is 277 g/mol. The van der Waals surface area contributed by atoms with E-state index in [1.807, 2.05) is 0 Å². The van der Waals surface area contributed by atoms with E-state index < -0.39 is 12.1 Å². The first-order valence-corrected chi connectivity index (χ1v) is 6.42. The van der Waals surface area contributed by atoms with Crippen LogP contribution >= 0.6 is 0 Å². The fourth-order valence-corrected chi connectivity index (χ4v) is 1.95. The molecule has 2 N–H and O–H groups in total. The molecule has 0 amide bonds. The monoisotopic (exact) mass is 277 g/mol. The van der Waals surface area contributed by atoms with Crippen molar-refractivity contribution in [1.82, 2.24) is 0 Å². The van der Waals surface area contributed by atoms with Gasteiger partial charge in [0.05, 0.1) is 0 Å². The predicted molar refractivity (Wildman–Crippen MR) is 74.6 cm³/mol. The number of hydrogen-bond acceptors (Lipinski definition) is 2. The lowest BCUT2D eigenvalue weighted by Crippen LogP contribution is -2.29. The largest absolute Gasteiger partial charge is 0.484 e. The first-order valence-electron chi connectivity index (χ1n) is 6.42. The molecular weight excluding hydrogens is 260 g/mol. The summed E-state index contributed by atoms with van der Waals surface area (Å²) in [5.41, 5.74) is 6.76. The summed E-state index contributed by atoms with van der Waals surface area (Å²) < 4.78 is 33.0. The first kappa shape index (κ1) is 14.5. The second-order valence-electron chi connectivity index (χ2n) is 4.83. The van der Waals surface area contributed by atoms with Crippen LogP contribution in [0.1, 0.15) is 24.2 Å². The number of hydrogen-bond donors (Lipinski definition) is 1. The zero-order valence-electron chi connectivity index (χ0n) is 11.4. The summed E-state index contributed by atoms with van der Waals surface area (Å²) in [5.74, 6) is -0.416. The van der Waals surface area contributed by atoms with E-state index in [1.54, 1.807) is 44.2 Å². The van der Waals surface area contributed by atoms with Gasteiger partial charge in [0, 0.05) is 17.7 Å². The molecule has 2 nitrogen and oxygen atoms in total. The summed E-state index contributed by atoms with van der Waals surface area (Å²) in [6.07, 6.45) is -0.668. The van der Waals surface area contributed by atoms with Crippen molar-refractivity contribution in [2.45, 2.75) is 26.0 Å². The van der Waals surface area contributed by atoms with E-state index in [-0.39, 0.29) is 11.6 Å². The second-order valence-corrected chi connectivity index (χ2v) is 4.83. The van der Waals surface area contributed by atoms with Crippen molar-refractivity contribution in [2.75, 3.05) is 0 Å². The van der Waals surface area contributed by atoms with Crippen molar-refractivity contribution >= 4 is 0 Å². The van der Waals surface area contributed by atoms with Gasteiger partial charge in [-0.05, 0) is 31.5 Å². The molecule has 0 heterocycles. The molecule has 0 radical (unpaired) electrons. The summed E-state index contributed by atoms with van der Waals surface area (Å²) >= 11 is 0. The molecule has 2 aromatic rings. The van der Waals surface area contributed by atoms with Gasteiger partial charge in [-0.15, -0.1) is 0 Å². The fraction of sp³-hybridized carbons (Fsp3) is 0.250. The predicted octanol–water partition coefficient (Wildman–Crippen LogP) is 3.74. The molecule has 20 heavy (non-hydrogen) atoms. The molecule has 0 aliphatic carbocycles. The van der Waals surface area contributed by atoms with Gasteiger partial charge in [0.25, 0.3) is 0 Å². The molecule has 0 aliphatic heterocycles. The number of nitrogens with two attached hydrogens (primary N) is 1. The molecule has 0 fully saturated rings. The van der Waals surface area contributed by atoms with Gasteiger partial charge in [-0.1, -0.05) is 24.3 Å². The minimum Gasteiger partial charge on any atom is -0.484 e. The van der Waals surface area contributed by atoms with Crippen molar-refractivity contribution in [3.8, 4) is 5.75 Å². The number of halogens is 2. The molecule has 0 saturated heterocycles. The third-order valence-electron chi connectivity index (χ3n) is 3.10. The Hall–Kier alpha value is -1.94. The van der Waals surface area contributed by atoms with E-state index in [0.717, 1.165) is 0 Å². The van der Waals surface area contributed by atoms with Gasteiger partial charge in [0.15, 0.2) is 0 Å². The molecule has 0 spiro atoms. The van der Waals surface area contributed by atoms with Gasteiger partial charge in [-0.2, -0.15) is 0 Å². The quantitative estimate of drug-likeness (QED) is 0.924. The number of benzene rings is 2. The van der Waals surface area contributed by atoms with Crippen molar-refractivity contribution in [3.63, 3.8) is 0 Å². The summed E-state index contributed by atoms with van der Waals surface area (Å²) in [5, 5.41) is 0. The third-order valence-corrected chi connectivity index (χ3v) is 3.10. The minimum atomic E-state index is -0.668. The molecule has 0 bridgehead atoms. The van der Waals surface area contributed by atoms with Gasteiger partial charge < -0.3 is 10.5 Å². The van der Waals surface area contributed by atoms with Gasteiger partial charge in [-0.25, -0.2) is 8.78 Å². The minimum absolute atomic E-state index is 0.332. The maximum Gasteiger partial charge on any atom is 0.141 e. The Labute approximate surface area is 117 Å². The normalized spacial score (nSPS) is 13.8. The Morgan fingerprint density at radius 2 is 1.75 bits per heavy atom. The lowest BCUT2D eigenvalue weighted by atomic mass is 10.0. The highest BCUT2D eigenvalue weighted by Gasteiger charge is 2.21. The lowest BCUT2D eigenvalue weighted by molar-refractivity contribution is 0.175. The van der Waals surface area contributed by atoms with Gasteiger partial charge in [-0.3, -0.25) is 0 Å². The van der Waals surface area contributed by atoms with Gasteiger partial charge in [0.2, 0.25) is 0 Å². The van der Waals surface area contributed by atoms with Crippen LogP contribution in [-0.4, -0.2) is 6.04 Å². The van der Waals surface area contributed by atoms with Crippen LogP contribution in [0.25, 0.3) is 0 Å². The zero-order chi connectivity index (χ0) is 14.7. The molecule has 2 rings (SSSR count). The van der Waals surface area contributed by atoms with E-state index in [9.17, 15) is 8.78 Å². The van der Waals surface area contributed by atoms with Crippen LogP contribution in [-0.2, 0) is 0 Å². The van der Waals surface area contributed by atoms with Crippen molar-refractivity contribution < 1.29 is 13.5 Å². The summed E-state index contributed by atoms with van der Waals surface area (Å²) in [7, 11) is 0. The molecule has 0 saturated carbocycles. The van der Waals surface area contributed by atoms with E-state index >= 15 is 0 Å². The number of rotatable bonds is 4. The Kier molecular flexibility index (Phi) is 4.35. The zero-order valence-corrected chi connectivity index (χ0v) is 11.4. The molecule has 2 aromatic carbocycles. The smallest absolute Gasteiger partial charge is 0.141 e. The van der Waals surface area contributed by atoms with E-state index in [0.29, 0.717) is 16.9 Å². The van der Waals surface area contributed by atoms with E-state index in [2.05, 4.69) is 0 Å². The van der Waals surface area contributed by atoms with Crippen LogP contribution in [0, 0.1) is 18.6 Å². The Morgan fingerprint density at radius 3 is 2.35 bits per heavy atom. The summed E-state index contributed by atoms with van der Waals surface area (Å²) in [4.78, 5) is 0. The molecule has 2 atom stereocenters. The molecule has 4 heteroatoms. The van der Waals surface area contributed by atoms with Crippen LogP contribution in [0.4, 0.5) is 8.78 Å². The Bertz CT molecular complexity index is 599. The second kappa shape index (κ2) is 6.01. The molecule has 0 aliphatic rings. The van der Waals surface area contributed by atoms with Crippen molar-refractivity contribution in [2.24, 2.45) is 5.73 Å². The summed E-state index contributed by atoms with van der Waals surface area (Å²) in [6, 6.07) is 10.4. The Morgan fingerprint density at radius 1 is 1.05 bits per heavy atom. The van der Waals surface area contributed by atoms with Crippen LogP contribution in [0.2, 0.25) is 0 Å². The standard InChI is InChI=1S/C16H17F2NO/c1-10-7-8-12(9-15(10)18)20-16(11(2)19)13-5-3-4-6-14(13)17/h3-9,11,16H,19H2,1-2H3. The molecule has 106 valence electrons. The third kappa shape index (κ3) is 3.14. The van der Waals surface area contributed by atoms with Crippen LogP contribution in [0.5, 0.6) is 5.75 Å². The maximum atomic E-state index is 13.8. The van der Waals surface area contributed by atoms with Crippen LogP contribution in [0.15, 0.2) is 42.5 Å². The topological polar surface area (TPSA) is 35.2 Å². The van der Waals surface area contributed by atoms with Gasteiger partial charge in [0.1, 0.15) is 23.5 Å². The van der Waals surface area contributed by atoms with Crippen molar-refractivity contribution in [3.05, 3.63) is 65.2 Å². The first-order chi connectivity index (χ1) is 9.49. The van der Waals surface area contributed by atoms with Crippen LogP contribution < -0.4 is 10.5 Å². The maximum absolute atomic E-state index is 13.8. The summed E-state index contributed by atoms with van der Waals surface area (Å²) in [6.45, 7) is 3.39. The highest BCUT2D eigenvalue weighted by Crippen LogP contribution is 2.27. The van der Waals surface area contributed by atoms with E-state index in [4.69, 9.17) is 10.5 Å². The average Bonchev–Trinajstić information content (AvgIpc) is 2.41. The molecule has 2 unspecified atom stereocenters. The molecule has 0 aromatic heterocycles. The molecular formula is C16H17F2NO. The SMILES string of the molecule is Cc1ccc(OC(c2ccccc2F)C(C)N)cc1F. The van der Waals surface area contributed by atoms with Crippen LogP contribution in [0.3, 0.4) is 0 Å². The Balaban J connectivity index is 2.31. The van der Waals surface area contributed by atoms with E-state index in [1.165, 1.54) is 12.1 Å². The van der Waals surface area contributed by atoms with Crippen molar-refractivity contribution in [1.29, 1.82) is 0 Å². The lowest BCUT2D eigenvalue weighted by Gasteiger charge is -2.23. The van der Waals surface area contributed by atoms with Gasteiger partial charge >= 0.3 is 0 Å². The fourth-order valence-electron chi connectivity index (χ4n) is 1.95. The highest BCUT2D eigenvalue weighted by atomic mass is 19.1. The highest BCUT2D eigenvalue weighted by molar-refractivity contribution is 5.30. The number of aryl methyl sites for hydroxylation is 1.